The first-order valence-electron chi connectivity index (χ1n) is 4.85. The van der Waals surface area contributed by atoms with Gasteiger partial charge in [0.05, 0.1) is 6.04 Å². The zero-order valence-corrected chi connectivity index (χ0v) is 8.42. The minimum Gasteiger partial charge on any atom is -0.368 e. The maximum Gasteiger partial charge on any atom is 0.234 e. The number of rotatable bonds is 3. The molecule has 3 N–H and O–H groups in total. The summed E-state index contributed by atoms with van der Waals surface area (Å²) in [7, 11) is 1.98. The van der Waals surface area contributed by atoms with Crippen LogP contribution in [-0.2, 0) is 4.79 Å². The van der Waals surface area contributed by atoms with Crippen molar-refractivity contribution in [3.8, 4) is 0 Å². The van der Waals surface area contributed by atoms with Crippen LogP contribution in [-0.4, -0.2) is 43.0 Å². The van der Waals surface area contributed by atoms with Crippen LogP contribution in [0.4, 0.5) is 0 Å². The van der Waals surface area contributed by atoms with Gasteiger partial charge in [-0.25, -0.2) is 0 Å². The maximum absolute atomic E-state index is 10.9. The highest BCUT2D eigenvalue weighted by Gasteiger charge is 2.24. The van der Waals surface area contributed by atoms with E-state index in [0.29, 0.717) is 6.04 Å². The Hall–Kier alpha value is -0.610. The molecule has 0 aromatic heterocycles. The summed E-state index contributed by atoms with van der Waals surface area (Å²) >= 11 is 0. The summed E-state index contributed by atoms with van der Waals surface area (Å²) in [6.45, 7) is 3.95. The van der Waals surface area contributed by atoms with Gasteiger partial charge < -0.3 is 11.1 Å². The van der Waals surface area contributed by atoms with Crippen LogP contribution >= 0.6 is 0 Å². The van der Waals surface area contributed by atoms with Crippen LogP contribution in [0.1, 0.15) is 19.8 Å². The molecule has 0 radical (unpaired) electrons. The van der Waals surface area contributed by atoms with E-state index in [9.17, 15) is 4.79 Å². The van der Waals surface area contributed by atoms with Crippen molar-refractivity contribution >= 4 is 5.91 Å². The number of carbonyl (C=O) groups excluding carboxylic acids is 1. The van der Waals surface area contributed by atoms with Crippen LogP contribution in [0, 0.1) is 0 Å². The largest absolute Gasteiger partial charge is 0.368 e. The third-order valence-electron chi connectivity index (χ3n) is 2.91. The lowest BCUT2D eigenvalue weighted by atomic mass is 10.0. The molecule has 1 heterocycles. The van der Waals surface area contributed by atoms with Gasteiger partial charge in [-0.2, -0.15) is 0 Å². The number of amides is 1. The lowest BCUT2D eigenvalue weighted by molar-refractivity contribution is -0.123. The number of hydrogen-bond donors (Lipinski definition) is 2. The molecule has 0 bridgehead atoms. The zero-order chi connectivity index (χ0) is 9.84. The van der Waals surface area contributed by atoms with Crippen molar-refractivity contribution in [1.29, 1.82) is 0 Å². The van der Waals surface area contributed by atoms with Gasteiger partial charge in [-0.05, 0) is 39.9 Å². The van der Waals surface area contributed by atoms with E-state index in [2.05, 4.69) is 10.2 Å². The van der Waals surface area contributed by atoms with E-state index in [1.54, 1.807) is 0 Å². The molecule has 1 unspecified atom stereocenters. The molecule has 4 heteroatoms. The minimum absolute atomic E-state index is 0.150. The van der Waals surface area contributed by atoms with Gasteiger partial charge in [0.15, 0.2) is 0 Å². The van der Waals surface area contributed by atoms with E-state index in [0.717, 1.165) is 25.9 Å². The Morgan fingerprint density at radius 1 is 1.54 bits per heavy atom. The van der Waals surface area contributed by atoms with Gasteiger partial charge in [0, 0.05) is 6.04 Å². The molecular formula is C9H19N3O. The number of piperidine rings is 1. The molecule has 76 valence electrons. The summed E-state index contributed by atoms with van der Waals surface area (Å²) < 4.78 is 0. The number of nitrogens with two attached hydrogens (primary N) is 1. The van der Waals surface area contributed by atoms with Crippen molar-refractivity contribution in [2.75, 3.05) is 20.1 Å². The minimum atomic E-state index is -0.235. The quantitative estimate of drug-likeness (QED) is 0.626. The fourth-order valence-corrected chi connectivity index (χ4v) is 1.73. The maximum atomic E-state index is 10.9. The smallest absolute Gasteiger partial charge is 0.234 e. The van der Waals surface area contributed by atoms with Gasteiger partial charge in [-0.1, -0.05) is 0 Å². The Bertz CT molecular complexity index is 178. The van der Waals surface area contributed by atoms with Gasteiger partial charge >= 0.3 is 0 Å². The first kappa shape index (κ1) is 10.5. The molecule has 1 rings (SSSR count). The van der Waals surface area contributed by atoms with E-state index >= 15 is 0 Å². The average Bonchev–Trinajstić information content (AvgIpc) is 2.17. The molecule has 1 aliphatic heterocycles. The van der Waals surface area contributed by atoms with Crippen LogP contribution in [0.2, 0.25) is 0 Å². The second-order valence-corrected chi connectivity index (χ2v) is 3.72. The molecule has 1 atom stereocenters. The van der Waals surface area contributed by atoms with Gasteiger partial charge in [0.25, 0.3) is 0 Å². The molecule has 13 heavy (non-hydrogen) atoms. The highest BCUT2D eigenvalue weighted by atomic mass is 16.1. The predicted molar refractivity (Wildman–Crippen MR) is 52.3 cm³/mol. The van der Waals surface area contributed by atoms with Gasteiger partial charge in [0.1, 0.15) is 0 Å². The molecule has 4 nitrogen and oxygen atoms in total. The summed E-state index contributed by atoms with van der Waals surface area (Å²) in [5, 5.41) is 3.29. The number of hydrogen-bond acceptors (Lipinski definition) is 3. The van der Waals surface area contributed by atoms with E-state index in [1.165, 1.54) is 0 Å². The summed E-state index contributed by atoms with van der Waals surface area (Å²) in [4.78, 5) is 13.0. The van der Waals surface area contributed by atoms with Gasteiger partial charge in [-0.15, -0.1) is 0 Å². The fourth-order valence-electron chi connectivity index (χ4n) is 1.73. The summed E-state index contributed by atoms with van der Waals surface area (Å²) in [6, 6.07) is 0.354. The Kier molecular flexibility index (Phi) is 3.69. The van der Waals surface area contributed by atoms with Crippen molar-refractivity contribution in [2.24, 2.45) is 5.73 Å². The first-order chi connectivity index (χ1) is 6.13. The normalized spacial score (nSPS) is 21.8. The average molecular weight is 185 g/mol. The molecule has 0 saturated carbocycles. The summed E-state index contributed by atoms with van der Waals surface area (Å²) in [5.41, 5.74) is 5.25. The third kappa shape index (κ3) is 2.67. The number of primary amides is 1. The SMILES string of the molecule is CC(C(N)=O)N(C)C1CCNCC1. The number of nitrogens with one attached hydrogen (secondary N) is 1. The van der Waals surface area contributed by atoms with Crippen molar-refractivity contribution < 1.29 is 4.79 Å². The first-order valence-corrected chi connectivity index (χ1v) is 4.85. The van der Waals surface area contributed by atoms with Crippen LogP contribution < -0.4 is 11.1 Å². The number of carbonyl (C=O) groups is 1. The van der Waals surface area contributed by atoms with Crippen LogP contribution in [0.25, 0.3) is 0 Å². The topological polar surface area (TPSA) is 58.4 Å². The van der Waals surface area contributed by atoms with Crippen molar-refractivity contribution in [1.82, 2.24) is 10.2 Å². The zero-order valence-electron chi connectivity index (χ0n) is 8.42. The van der Waals surface area contributed by atoms with Gasteiger partial charge in [0.2, 0.25) is 5.91 Å². The Labute approximate surface area is 79.5 Å². The molecule has 0 aromatic carbocycles. The van der Waals surface area contributed by atoms with Crippen molar-refractivity contribution in [2.45, 2.75) is 31.8 Å². The summed E-state index contributed by atoms with van der Waals surface area (Å²) in [5.74, 6) is -0.235. The monoisotopic (exact) mass is 185 g/mol. The Morgan fingerprint density at radius 2 is 2.08 bits per heavy atom. The lowest BCUT2D eigenvalue weighted by Crippen LogP contribution is -2.49. The van der Waals surface area contributed by atoms with Crippen molar-refractivity contribution in [3.63, 3.8) is 0 Å². The highest BCUT2D eigenvalue weighted by molar-refractivity contribution is 5.79. The van der Waals surface area contributed by atoms with Crippen LogP contribution in [0.3, 0.4) is 0 Å². The van der Waals surface area contributed by atoms with Crippen molar-refractivity contribution in [3.05, 3.63) is 0 Å². The molecule has 1 amide bonds. The molecule has 1 fully saturated rings. The van der Waals surface area contributed by atoms with Crippen LogP contribution in [0.15, 0.2) is 0 Å². The predicted octanol–water partition coefficient (Wildman–Crippen LogP) is -0.456. The molecular weight excluding hydrogens is 166 g/mol. The molecule has 1 saturated heterocycles. The van der Waals surface area contributed by atoms with E-state index < -0.39 is 0 Å². The molecule has 1 aliphatic rings. The Morgan fingerprint density at radius 3 is 2.54 bits per heavy atom. The second kappa shape index (κ2) is 4.58. The van der Waals surface area contributed by atoms with E-state index in [1.807, 2.05) is 14.0 Å². The van der Waals surface area contributed by atoms with Crippen LogP contribution in [0.5, 0.6) is 0 Å². The number of nitrogens with zero attached hydrogens (tertiary/aromatic N) is 1. The standard InChI is InChI=1S/C9H19N3O/c1-7(9(10)13)12(2)8-3-5-11-6-4-8/h7-8,11H,3-6H2,1-2H3,(H2,10,13). The lowest BCUT2D eigenvalue weighted by Gasteiger charge is -2.34. The van der Waals surface area contributed by atoms with E-state index in [-0.39, 0.29) is 11.9 Å². The Balaban J connectivity index is 2.44. The van der Waals surface area contributed by atoms with Gasteiger partial charge in [-0.3, -0.25) is 9.69 Å². The highest BCUT2D eigenvalue weighted by Crippen LogP contribution is 2.12. The second-order valence-electron chi connectivity index (χ2n) is 3.72. The third-order valence-corrected chi connectivity index (χ3v) is 2.91. The summed E-state index contributed by atoms with van der Waals surface area (Å²) in [6.07, 6.45) is 2.21. The molecule has 0 spiro atoms. The molecule has 0 aliphatic carbocycles. The number of likely N-dealkylation sites (N-methyl/N-ethyl adjacent to an activating group) is 1. The molecule has 0 aromatic rings. The van der Waals surface area contributed by atoms with E-state index in [4.69, 9.17) is 5.73 Å². The fraction of sp³-hybridized carbons (Fsp3) is 0.889.